The van der Waals surface area contributed by atoms with Crippen LogP contribution in [-0.2, 0) is 10.0 Å². The van der Waals surface area contributed by atoms with Gasteiger partial charge in [-0.25, -0.2) is 8.42 Å². The summed E-state index contributed by atoms with van der Waals surface area (Å²) in [6.07, 6.45) is 1.14. The number of aromatic nitrogens is 2. The van der Waals surface area contributed by atoms with Crippen molar-refractivity contribution in [3.63, 3.8) is 0 Å². The van der Waals surface area contributed by atoms with Crippen LogP contribution in [0.5, 0.6) is 0 Å². The maximum absolute atomic E-state index is 11.4. The third-order valence-corrected chi connectivity index (χ3v) is 3.53. The van der Waals surface area contributed by atoms with Gasteiger partial charge < -0.3 is 0 Å². The largest absolute Gasteiger partial charge is 0.251 e. The molecule has 0 aliphatic carbocycles. The molecule has 0 amide bonds. The minimum absolute atomic E-state index is 0.624. The van der Waals surface area contributed by atoms with Crippen LogP contribution in [0.4, 0.5) is 0 Å². The summed E-state index contributed by atoms with van der Waals surface area (Å²) in [6, 6.07) is 7.25. The van der Waals surface area contributed by atoms with E-state index in [2.05, 4.69) is 5.10 Å². The number of nitrogens with zero attached hydrogens (tertiary/aromatic N) is 2. The number of fused-ring (bicyclic) bond motifs is 1. The van der Waals surface area contributed by atoms with E-state index >= 15 is 0 Å². The molecule has 0 atom stereocenters. The van der Waals surface area contributed by atoms with Crippen LogP contribution >= 0.6 is 22.6 Å². The van der Waals surface area contributed by atoms with Crippen molar-refractivity contribution in [3.8, 4) is 0 Å². The van der Waals surface area contributed by atoms with E-state index in [1.165, 1.54) is 0 Å². The molecule has 1 aromatic heterocycles. The number of benzene rings is 1. The lowest BCUT2D eigenvalue weighted by atomic mass is 10.3. The molecule has 74 valence electrons. The van der Waals surface area contributed by atoms with Crippen LogP contribution in [0.3, 0.4) is 0 Å². The standard InChI is InChI=1S/C8H7IN2O2S/c1-14(12,13)11-7-5-3-2-4-6(7)8(9)10-11/h2-5H,1H3. The SMILES string of the molecule is CS(=O)(=O)n1nc(I)c2ccccc21. The third kappa shape index (κ3) is 1.52. The van der Waals surface area contributed by atoms with Gasteiger partial charge in [-0.15, -0.1) is 0 Å². The Labute approximate surface area is 95.1 Å². The molecule has 0 aliphatic heterocycles. The van der Waals surface area contributed by atoms with Crippen LogP contribution in [0.2, 0.25) is 0 Å². The maximum atomic E-state index is 11.4. The zero-order valence-electron chi connectivity index (χ0n) is 7.31. The summed E-state index contributed by atoms with van der Waals surface area (Å²) >= 11 is 2.02. The summed E-state index contributed by atoms with van der Waals surface area (Å²) in [7, 11) is -3.31. The lowest BCUT2D eigenvalue weighted by Crippen LogP contribution is -2.11. The predicted molar refractivity (Wildman–Crippen MR) is 62.7 cm³/mol. The third-order valence-electron chi connectivity index (χ3n) is 1.83. The normalized spacial score (nSPS) is 12.1. The predicted octanol–water partition coefficient (Wildman–Crippen LogP) is 1.45. The van der Waals surface area contributed by atoms with Gasteiger partial charge in [-0.05, 0) is 28.7 Å². The van der Waals surface area contributed by atoms with Crippen LogP contribution in [0.15, 0.2) is 24.3 Å². The summed E-state index contributed by atoms with van der Waals surface area (Å²) in [4.78, 5) is 0. The number of hydrogen-bond donors (Lipinski definition) is 0. The number of rotatable bonds is 1. The Morgan fingerprint density at radius 3 is 2.64 bits per heavy atom. The van der Waals surface area contributed by atoms with Crippen LogP contribution in [0, 0.1) is 3.70 Å². The average Bonchev–Trinajstić information content (AvgIpc) is 2.44. The Morgan fingerprint density at radius 1 is 1.36 bits per heavy atom. The van der Waals surface area contributed by atoms with E-state index in [1.807, 2.05) is 34.7 Å². The van der Waals surface area contributed by atoms with E-state index in [1.54, 1.807) is 12.1 Å². The fourth-order valence-electron chi connectivity index (χ4n) is 1.26. The Morgan fingerprint density at radius 2 is 2.00 bits per heavy atom. The first-order valence-corrected chi connectivity index (χ1v) is 6.76. The van der Waals surface area contributed by atoms with Gasteiger partial charge in [0, 0.05) is 5.39 Å². The van der Waals surface area contributed by atoms with Gasteiger partial charge in [0.2, 0.25) is 0 Å². The first-order valence-electron chi connectivity index (χ1n) is 3.84. The van der Waals surface area contributed by atoms with Crippen molar-refractivity contribution in [2.24, 2.45) is 0 Å². The van der Waals surface area contributed by atoms with Crippen LogP contribution < -0.4 is 0 Å². The van der Waals surface area contributed by atoms with Crippen LogP contribution in [0.25, 0.3) is 10.9 Å². The van der Waals surface area contributed by atoms with Gasteiger partial charge in [0.1, 0.15) is 3.70 Å². The van der Waals surface area contributed by atoms with Gasteiger partial charge in [0.05, 0.1) is 11.8 Å². The Hall–Kier alpha value is -0.630. The molecular weight excluding hydrogens is 315 g/mol. The van der Waals surface area contributed by atoms with E-state index < -0.39 is 10.0 Å². The maximum Gasteiger partial charge on any atom is 0.251 e. The Balaban J connectivity index is 2.93. The molecule has 2 rings (SSSR count). The molecule has 1 aromatic carbocycles. The Bertz CT molecular complexity index is 588. The number of hydrogen-bond acceptors (Lipinski definition) is 3. The topological polar surface area (TPSA) is 52.0 Å². The molecular formula is C8H7IN2O2S. The fraction of sp³-hybridized carbons (Fsp3) is 0.125. The highest BCUT2D eigenvalue weighted by Gasteiger charge is 2.13. The summed E-state index contributed by atoms with van der Waals surface area (Å²) in [5, 5.41) is 4.84. The van der Waals surface area contributed by atoms with Gasteiger partial charge in [-0.1, -0.05) is 18.2 Å². The summed E-state index contributed by atoms with van der Waals surface area (Å²) in [5.41, 5.74) is 0.624. The van der Waals surface area contributed by atoms with E-state index in [0.717, 1.165) is 15.7 Å². The van der Waals surface area contributed by atoms with Gasteiger partial charge >= 0.3 is 0 Å². The van der Waals surface area contributed by atoms with E-state index in [9.17, 15) is 8.42 Å². The molecule has 0 fully saturated rings. The highest BCUT2D eigenvalue weighted by molar-refractivity contribution is 14.1. The van der Waals surface area contributed by atoms with E-state index in [-0.39, 0.29) is 0 Å². The van der Waals surface area contributed by atoms with E-state index in [4.69, 9.17) is 0 Å². The zero-order valence-corrected chi connectivity index (χ0v) is 10.3. The molecule has 0 N–H and O–H groups in total. The molecule has 0 radical (unpaired) electrons. The fourth-order valence-corrected chi connectivity index (χ4v) is 2.82. The van der Waals surface area contributed by atoms with Crippen molar-refractivity contribution < 1.29 is 8.42 Å². The molecule has 0 spiro atoms. The van der Waals surface area contributed by atoms with Gasteiger partial charge in [-0.2, -0.15) is 9.19 Å². The van der Waals surface area contributed by atoms with Crippen molar-refractivity contribution in [1.82, 2.24) is 9.19 Å². The minimum Gasteiger partial charge on any atom is -0.205 e. The zero-order chi connectivity index (χ0) is 10.3. The molecule has 0 unspecified atom stereocenters. The molecule has 0 aliphatic rings. The molecule has 2 aromatic rings. The number of para-hydroxylation sites is 1. The summed E-state index contributed by atoms with van der Waals surface area (Å²) < 4.78 is 24.5. The van der Waals surface area contributed by atoms with Gasteiger partial charge in [-0.3, -0.25) is 0 Å². The second-order valence-electron chi connectivity index (χ2n) is 2.91. The quantitative estimate of drug-likeness (QED) is 0.747. The second-order valence-corrected chi connectivity index (χ2v) is 5.75. The average molecular weight is 322 g/mol. The van der Waals surface area contributed by atoms with Crippen molar-refractivity contribution in [1.29, 1.82) is 0 Å². The van der Waals surface area contributed by atoms with Gasteiger partial charge in [0.15, 0.2) is 0 Å². The first kappa shape index (κ1) is 9.91. The van der Waals surface area contributed by atoms with Crippen LogP contribution in [0.1, 0.15) is 0 Å². The first-order chi connectivity index (χ1) is 6.50. The highest BCUT2D eigenvalue weighted by atomic mass is 127. The minimum atomic E-state index is -3.31. The molecule has 4 nitrogen and oxygen atoms in total. The van der Waals surface area contributed by atoms with E-state index in [0.29, 0.717) is 9.22 Å². The van der Waals surface area contributed by atoms with Crippen molar-refractivity contribution in [2.75, 3.05) is 6.26 Å². The molecule has 0 bridgehead atoms. The van der Waals surface area contributed by atoms with Crippen molar-refractivity contribution in [3.05, 3.63) is 28.0 Å². The van der Waals surface area contributed by atoms with Crippen LogP contribution in [-0.4, -0.2) is 23.9 Å². The van der Waals surface area contributed by atoms with Crippen molar-refractivity contribution in [2.45, 2.75) is 0 Å². The summed E-state index contributed by atoms with van der Waals surface area (Å²) in [5.74, 6) is 0. The molecule has 1 heterocycles. The van der Waals surface area contributed by atoms with Gasteiger partial charge in [0.25, 0.3) is 10.0 Å². The molecule has 0 saturated heterocycles. The molecule has 6 heteroatoms. The number of halogens is 1. The smallest absolute Gasteiger partial charge is 0.205 e. The molecule has 0 saturated carbocycles. The van der Waals surface area contributed by atoms with Crippen molar-refractivity contribution >= 4 is 43.5 Å². The highest BCUT2D eigenvalue weighted by Crippen LogP contribution is 2.20. The Kier molecular flexibility index (Phi) is 2.26. The monoisotopic (exact) mass is 322 g/mol. The molecule has 14 heavy (non-hydrogen) atoms. The lowest BCUT2D eigenvalue weighted by molar-refractivity contribution is 0.588. The summed E-state index contributed by atoms with van der Waals surface area (Å²) in [6.45, 7) is 0. The lowest BCUT2D eigenvalue weighted by Gasteiger charge is -1.97. The second kappa shape index (κ2) is 3.20.